The van der Waals surface area contributed by atoms with E-state index in [4.69, 9.17) is 0 Å². The lowest BCUT2D eigenvalue weighted by Crippen LogP contribution is -1.97. The van der Waals surface area contributed by atoms with E-state index in [0.29, 0.717) is 0 Å². The van der Waals surface area contributed by atoms with Crippen LogP contribution in [0, 0.1) is 0 Å². The van der Waals surface area contributed by atoms with Crippen molar-refractivity contribution in [2.24, 2.45) is 0 Å². The zero-order valence-electron chi connectivity index (χ0n) is 20.1. The van der Waals surface area contributed by atoms with E-state index in [0.717, 1.165) is 6.54 Å². The van der Waals surface area contributed by atoms with Crippen LogP contribution >= 0.6 is 22.7 Å². The molecule has 0 aliphatic rings. The maximum Gasteiger partial charge on any atom is 0.0498 e. The van der Waals surface area contributed by atoms with E-state index in [-0.39, 0.29) is 0 Å². The van der Waals surface area contributed by atoms with Crippen molar-refractivity contribution in [2.45, 2.75) is 52.0 Å². The largest absolute Gasteiger partial charge is 0.340 e. The lowest BCUT2D eigenvalue weighted by Gasteiger charge is -2.08. The Kier molecular flexibility index (Phi) is 5.29. The minimum Gasteiger partial charge on any atom is -0.340 e. The third-order valence-electron chi connectivity index (χ3n) is 7.60. The number of nitrogens with zero attached hydrogens (tertiary/aromatic N) is 1. The summed E-state index contributed by atoms with van der Waals surface area (Å²) in [6, 6.07) is 27.6. The molecule has 0 saturated heterocycles. The SMILES string of the molecule is CCCCCCCCn1c2cc3c(cc2c2cc4sc5ccccc5c4cc21)sc1ccccc13. The quantitative estimate of drug-likeness (QED) is 0.195. The first kappa shape index (κ1) is 21.4. The molecule has 0 amide bonds. The summed E-state index contributed by atoms with van der Waals surface area (Å²) in [5.41, 5.74) is 2.79. The number of aryl methyl sites for hydroxylation is 1. The summed E-state index contributed by atoms with van der Waals surface area (Å²) in [5, 5.41) is 8.39. The normalized spacial score (nSPS) is 12.4. The molecule has 0 bridgehead atoms. The molecule has 4 aromatic carbocycles. The van der Waals surface area contributed by atoms with Gasteiger partial charge in [0.2, 0.25) is 0 Å². The van der Waals surface area contributed by atoms with Crippen LogP contribution in [0.4, 0.5) is 0 Å². The van der Waals surface area contributed by atoms with Gasteiger partial charge in [0.1, 0.15) is 0 Å². The summed E-state index contributed by atoms with van der Waals surface area (Å²) < 4.78 is 8.19. The zero-order valence-corrected chi connectivity index (χ0v) is 21.8. The summed E-state index contributed by atoms with van der Waals surface area (Å²) in [7, 11) is 0. The highest BCUT2D eigenvalue weighted by atomic mass is 32.1. The Hall–Kier alpha value is -2.88. The zero-order chi connectivity index (χ0) is 23.4. The Bertz CT molecular complexity index is 1720. The fourth-order valence-electron chi connectivity index (χ4n) is 5.82. The molecule has 1 nitrogen and oxygen atoms in total. The number of hydrogen-bond donors (Lipinski definition) is 0. The van der Waals surface area contributed by atoms with E-state index >= 15 is 0 Å². The second kappa shape index (κ2) is 8.65. The van der Waals surface area contributed by atoms with Crippen molar-refractivity contribution in [3.8, 4) is 0 Å². The number of hydrogen-bond acceptors (Lipinski definition) is 2. The molecule has 0 spiro atoms. The van der Waals surface area contributed by atoms with Gasteiger partial charge in [0.25, 0.3) is 0 Å². The van der Waals surface area contributed by atoms with Crippen LogP contribution in [-0.2, 0) is 6.54 Å². The predicted octanol–water partition coefficient (Wildman–Crippen LogP) is 10.9. The topological polar surface area (TPSA) is 4.93 Å². The Labute approximate surface area is 213 Å². The van der Waals surface area contributed by atoms with E-state index in [1.54, 1.807) is 0 Å². The summed E-state index contributed by atoms with van der Waals surface area (Å²) in [4.78, 5) is 0. The summed E-state index contributed by atoms with van der Waals surface area (Å²) >= 11 is 3.85. The Morgan fingerprint density at radius 1 is 0.514 bits per heavy atom. The summed E-state index contributed by atoms with van der Waals surface area (Å²) in [6.07, 6.45) is 7.95. The third-order valence-corrected chi connectivity index (χ3v) is 9.86. The van der Waals surface area contributed by atoms with Gasteiger partial charge in [-0.3, -0.25) is 0 Å². The van der Waals surface area contributed by atoms with Gasteiger partial charge in [-0.2, -0.15) is 0 Å². The molecule has 0 unspecified atom stereocenters. The molecular weight excluding hydrogens is 462 g/mol. The summed E-state index contributed by atoms with van der Waals surface area (Å²) in [5.74, 6) is 0. The molecule has 174 valence electrons. The van der Waals surface area contributed by atoms with Crippen molar-refractivity contribution in [2.75, 3.05) is 0 Å². The Morgan fingerprint density at radius 2 is 1.03 bits per heavy atom. The number of fused-ring (bicyclic) bond motifs is 9. The molecule has 3 aromatic heterocycles. The number of benzene rings is 4. The second-order valence-corrected chi connectivity index (χ2v) is 12.0. The maximum atomic E-state index is 2.63. The number of rotatable bonds is 7. The third kappa shape index (κ3) is 3.48. The first-order valence-corrected chi connectivity index (χ1v) is 14.6. The molecule has 0 atom stereocenters. The van der Waals surface area contributed by atoms with Gasteiger partial charge in [0, 0.05) is 68.7 Å². The van der Waals surface area contributed by atoms with Crippen LogP contribution in [0.15, 0.2) is 72.8 Å². The maximum absolute atomic E-state index is 2.63. The molecule has 35 heavy (non-hydrogen) atoms. The first-order chi connectivity index (χ1) is 17.3. The smallest absolute Gasteiger partial charge is 0.0498 e. The van der Waals surface area contributed by atoms with E-state index in [1.165, 1.54) is 101 Å². The van der Waals surface area contributed by atoms with E-state index in [1.807, 2.05) is 22.7 Å². The highest BCUT2D eigenvalue weighted by Crippen LogP contribution is 2.43. The van der Waals surface area contributed by atoms with Gasteiger partial charge in [-0.15, -0.1) is 22.7 Å². The van der Waals surface area contributed by atoms with Crippen LogP contribution in [0.25, 0.3) is 62.2 Å². The molecular formula is C32H29NS2. The van der Waals surface area contributed by atoms with Crippen molar-refractivity contribution in [3.63, 3.8) is 0 Å². The molecule has 0 fully saturated rings. The number of aromatic nitrogens is 1. The van der Waals surface area contributed by atoms with Crippen LogP contribution in [0.3, 0.4) is 0 Å². The van der Waals surface area contributed by atoms with E-state index in [9.17, 15) is 0 Å². The van der Waals surface area contributed by atoms with Crippen molar-refractivity contribution in [1.82, 2.24) is 4.57 Å². The summed E-state index contributed by atoms with van der Waals surface area (Å²) in [6.45, 7) is 3.38. The second-order valence-electron chi connectivity index (χ2n) is 9.85. The highest BCUT2D eigenvalue weighted by Gasteiger charge is 2.16. The van der Waals surface area contributed by atoms with Gasteiger partial charge >= 0.3 is 0 Å². The van der Waals surface area contributed by atoms with Crippen molar-refractivity contribution in [1.29, 1.82) is 0 Å². The Morgan fingerprint density at radius 3 is 1.60 bits per heavy atom. The number of thiophene rings is 2. The fourth-order valence-corrected chi connectivity index (χ4v) is 8.07. The molecule has 7 aromatic rings. The van der Waals surface area contributed by atoms with Gasteiger partial charge in [0.15, 0.2) is 0 Å². The highest BCUT2D eigenvalue weighted by molar-refractivity contribution is 7.26. The average Bonchev–Trinajstić information content (AvgIpc) is 3.53. The molecule has 0 aliphatic heterocycles. The molecule has 3 heteroatoms. The Balaban J connectivity index is 1.46. The van der Waals surface area contributed by atoms with Crippen LogP contribution in [-0.4, -0.2) is 4.57 Å². The standard InChI is InChI=1S/C32H29NS2/c1-2-3-4-5-6-11-16-33-27-17-25-21-12-7-9-14-29(21)34-31(25)19-23(27)24-20-32-26(18-28(24)33)22-13-8-10-15-30(22)35-32/h7-10,12-15,17-20H,2-6,11,16H2,1H3. The van der Waals surface area contributed by atoms with Gasteiger partial charge in [-0.05, 0) is 42.8 Å². The minimum absolute atomic E-state index is 1.09. The van der Waals surface area contributed by atoms with Gasteiger partial charge in [-0.1, -0.05) is 75.4 Å². The lowest BCUT2D eigenvalue weighted by molar-refractivity contribution is 0.571. The number of unbranched alkanes of at least 4 members (excludes halogenated alkanes) is 5. The van der Waals surface area contributed by atoms with Gasteiger partial charge in [0.05, 0.1) is 0 Å². The monoisotopic (exact) mass is 491 g/mol. The van der Waals surface area contributed by atoms with Crippen LogP contribution in [0.1, 0.15) is 45.4 Å². The van der Waals surface area contributed by atoms with Crippen LogP contribution in [0.2, 0.25) is 0 Å². The van der Waals surface area contributed by atoms with Crippen LogP contribution < -0.4 is 0 Å². The van der Waals surface area contributed by atoms with Gasteiger partial charge in [-0.25, -0.2) is 0 Å². The predicted molar refractivity (Wildman–Crippen MR) is 159 cm³/mol. The first-order valence-electron chi connectivity index (χ1n) is 13.0. The molecule has 7 rings (SSSR count). The van der Waals surface area contributed by atoms with Gasteiger partial charge < -0.3 is 4.57 Å². The molecule has 3 heterocycles. The lowest BCUT2D eigenvalue weighted by atomic mass is 10.1. The molecule has 0 saturated carbocycles. The molecule has 0 radical (unpaired) electrons. The van der Waals surface area contributed by atoms with Crippen LogP contribution in [0.5, 0.6) is 0 Å². The average molecular weight is 492 g/mol. The van der Waals surface area contributed by atoms with Crippen molar-refractivity contribution < 1.29 is 0 Å². The van der Waals surface area contributed by atoms with E-state index in [2.05, 4.69) is 84.3 Å². The van der Waals surface area contributed by atoms with E-state index < -0.39 is 0 Å². The molecule has 0 N–H and O–H groups in total. The minimum atomic E-state index is 1.09. The van der Waals surface area contributed by atoms with Crippen molar-refractivity contribution in [3.05, 3.63) is 72.8 Å². The molecule has 0 aliphatic carbocycles. The van der Waals surface area contributed by atoms with Crippen molar-refractivity contribution >= 4 is 84.8 Å². The fraction of sp³-hybridized carbons (Fsp3) is 0.250.